The second-order valence-corrected chi connectivity index (χ2v) is 10.7. The van der Waals surface area contributed by atoms with E-state index in [4.69, 9.17) is 9.47 Å². The minimum absolute atomic E-state index is 0.145. The number of allylic oxidation sites excluding steroid dienone is 2. The van der Waals surface area contributed by atoms with E-state index in [1.165, 1.54) is 12.1 Å². The topological polar surface area (TPSA) is 93.1 Å². The lowest BCUT2D eigenvalue weighted by atomic mass is 9.67. The maximum Gasteiger partial charge on any atom is 0.423 e. The first-order chi connectivity index (χ1) is 18.7. The van der Waals surface area contributed by atoms with E-state index < -0.39 is 41.3 Å². The van der Waals surface area contributed by atoms with Crippen LogP contribution in [-0.2, 0) is 19.1 Å². The van der Waals surface area contributed by atoms with E-state index in [0.29, 0.717) is 36.3 Å². The number of rotatable bonds is 6. The van der Waals surface area contributed by atoms with Gasteiger partial charge in [0.25, 0.3) is 0 Å². The summed E-state index contributed by atoms with van der Waals surface area (Å²) in [5, 5.41) is 9.59. The van der Waals surface area contributed by atoms with Gasteiger partial charge in [-0.05, 0) is 59.6 Å². The van der Waals surface area contributed by atoms with Crippen molar-refractivity contribution in [3.05, 3.63) is 76.6 Å². The summed E-state index contributed by atoms with van der Waals surface area (Å²) in [6, 6.07) is 14.1. The number of imide groups is 3. The van der Waals surface area contributed by atoms with E-state index >= 15 is 0 Å². The van der Waals surface area contributed by atoms with Gasteiger partial charge in [-0.1, -0.05) is 61.9 Å². The van der Waals surface area contributed by atoms with E-state index in [1.807, 2.05) is 36.4 Å². The zero-order valence-electron chi connectivity index (χ0n) is 22.2. The summed E-state index contributed by atoms with van der Waals surface area (Å²) in [4.78, 5) is 39.2. The molecule has 8 heteroatoms. The molecule has 2 heterocycles. The lowest BCUT2D eigenvalue weighted by molar-refractivity contribution is -0.137. The molecule has 2 aliphatic heterocycles. The number of likely N-dealkylation sites (tertiary alicyclic amines) is 1. The van der Waals surface area contributed by atoms with Crippen LogP contribution in [0.25, 0.3) is 11.6 Å². The summed E-state index contributed by atoms with van der Waals surface area (Å²) in [6.45, 7) is 4.45. The third-order valence-corrected chi connectivity index (χ3v) is 8.13. The van der Waals surface area contributed by atoms with Crippen molar-refractivity contribution in [1.82, 2.24) is 4.90 Å². The smallest absolute Gasteiger partial charge is 0.423 e. The summed E-state index contributed by atoms with van der Waals surface area (Å²) >= 11 is 0. The van der Waals surface area contributed by atoms with E-state index in [0.717, 1.165) is 29.4 Å². The van der Waals surface area contributed by atoms with E-state index in [2.05, 4.69) is 13.8 Å². The van der Waals surface area contributed by atoms with Crippen molar-refractivity contribution >= 4 is 29.6 Å². The molecule has 0 spiro atoms. The molecule has 7 nitrogen and oxygen atoms in total. The van der Waals surface area contributed by atoms with Gasteiger partial charge in [-0.15, -0.1) is 0 Å². The van der Waals surface area contributed by atoms with Gasteiger partial charge in [0.05, 0.1) is 31.7 Å². The van der Waals surface area contributed by atoms with Gasteiger partial charge >= 0.3 is 6.09 Å². The van der Waals surface area contributed by atoms with Gasteiger partial charge in [-0.25, -0.2) is 9.18 Å². The van der Waals surface area contributed by atoms with Crippen LogP contribution in [0.5, 0.6) is 5.75 Å². The number of amides is 3. The quantitative estimate of drug-likeness (QED) is 0.296. The second kappa shape index (κ2) is 10.8. The van der Waals surface area contributed by atoms with Crippen molar-refractivity contribution in [1.29, 1.82) is 0 Å². The Morgan fingerprint density at radius 2 is 1.90 bits per heavy atom. The van der Waals surface area contributed by atoms with Crippen LogP contribution < -0.4 is 0 Å². The number of aromatic hydroxyl groups is 1. The van der Waals surface area contributed by atoms with Crippen LogP contribution >= 0.6 is 0 Å². The lowest BCUT2D eigenvalue weighted by Crippen LogP contribution is -2.38. The number of carbonyl (C=O) groups is 3. The highest BCUT2D eigenvalue weighted by Gasteiger charge is 2.59. The molecule has 5 rings (SSSR count). The Morgan fingerprint density at radius 1 is 1.15 bits per heavy atom. The number of nitrogens with zero attached hydrogens (tertiary/aromatic N) is 1. The summed E-state index contributed by atoms with van der Waals surface area (Å²) in [5.74, 6) is -3.43. The van der Waals surface area contributed by atoms with Crippen LogP contribution in [0, 0.1) is 29.5 Å². The van der Waals surface area contributed by atoms with Crippen LogP contribution in [0.2, 0.25) is 0 Å². The van der Waals surface area contributed by atoms with Crippen molar-refractivity contribution < 1.29 is 33.4 Å². The molecular weight excluding hydrogens is 501 g/mol. The Labute approximate surface area is 226 Å². The molecule has 2 aromatic rings. The molecule has 0 unspecified atom stereocenters. The number of halogens is 1. The fourth-order valence-corrected chi connectivity index (χ4v) is 6.28. The number of benzene rings is 2. The van der Waals surface area contributed by atoms with E-state index in [-0.39, 0.29) is 17.9 Å². The van der Waals surface area contributed by atoms with Crippen molar-refractivity contribution in [3.8, 4) is 5.75 Å². The summed E-state index contributed by atoms with van der Waals surface area (Å²) in [7, 11) is 1.16. The average molecular weight is 534 g/mol. The standard InChI is InChI=1S/C31H32FNO6/c1-17(2)21-15-22-28(30(36)33(29(22)35)31(37)38-3)23-16-39-26(27(21)23)12-10-20(19-7-5-4-6-8-19)13-18-9-11-25(34)24(32)14-18/h4-9,11,13-14,17,22-23,26,28,34H,10,12,15-16H2,1-3H3/b20-13-/t22-,23+,26-,28-/m1/s1. The van der Waals surface area contributed by atoms with Crippen molar-refractivity contribution in [2.75, 3.05) is 13.7 Å². The number of ether oxygens (including phenoxy) is 2. The Kier molecular flexibility index (Phi) is 7.40. The molecule has 0 saturated carbocycles. The van der Waals surface area contributed by atoms with Gasteiger partial charge < -0.3 is 14.6 Å². The number of fused-ring (bicyclic) bond motifs is 3. The number of hydrogen-bond acceptors (Lipinski definition) is 6. The van der Waals surface area contributed by atoms with Crippen molar-refractivity contribution in [2.45, 2.75) is 39.2 Å². The molecule has 2 fully saturated rings. The third-order valence-electron chi connectivity index (χ3n) is 8.13. The number of phenolic OH excluding ortho intramolecular Hbond substituents is 1. The van der Waals surface area contributed by atoms with Crippen molar-refractivity contribution in [2.24, 2.45) is 23.7 Å². The minimum atomic E-state index is -0.939. The van der Waals surface area contributed by atoms with Crippen LogP contribution in [0.15, 0.2) is 59.7 Å². The fourth-order valence-electron chi connectivity index (χ4n) is 6.28. The van der Waals surface area contributed by atoms with E-state index in [1.54, 1.807) is 6.07 Å². The molecule has 204 valence electrons. The Morgan fingerprint density at radius 3 is 2.56 bits per heavy atom. The third kappa shape index (κ3) is 4.89. The summed E-state index contributed by atoms with van der Waals surface area (Å²) in [6.07, 6.45) is 2.39. The first-order valence-corrected chi connectivity index (χ1v) is 13.3. The van der Waals surface area contributed by atoms with Gasteiger partial charge in [0.2, 0.25) is 11.8 Å². The van der Waals surface area contributed by atoms with Crippen LogP contribution in [-0.4, -0.2) is 47.7 Å². The molecule has 2 aromatic carbocycles. The number of methoxy groups -OCH3 is 1. The summed E-state index contributed by atoms with van der Waals surface area (Å²) in [5.41, 5.74) is 4.80. The first kappa shape index (κ1) is 26.8. The highest BCUT2D eigenvalue weighted by atomic mass is 19.1. The highest BCUT2D eigenvalue weighted by molar-refractivity contribution is 6.16. The fraction of sp³-hybridized carbons (Fsp3) is 0.387. The Bertz CT molecular complexity index is 1360. The molecule has 39 heavy (non-hydrogen) atoms. The predicted molar refractivity (Wildman–Crippen MR) is 143 cm³/mol. The van der Waals surface area contributed by atoms with E-state index in [9.17, 15) is 23.9 Å². The minimum Gasteiger partial charge on any atom is -0.505 e. The van der Waals surface area contributed by atoms with Gasteiger partial charge in [0.1, 0.15) is 0 Å². The molecule has 1 N–H and O–H groups in total. The first-order valence-electron chi connectivity index (χ1n) is 13.3. The molecule has 0 radical (unpaired) electrons. The van der Waals surface area contributed by atoms with Crippen LogP contribution in [0.4, 0.5) is 9.18 Å². The zero-order chi connectivity index (χ0) is 27.8. The number of phenols is 1. The monoisotopic (exact) mass is 533 g/mol. The number of carbonyl (C=O) groups excluding carboxylic acids is 3. The second-order valence-electron chi connectivity index (χ2n) is 10.7. The van der Waals surface area contributed by atoms with Gasteiger partial charge in [-0.3, -0.25) is 9.59 Å². The normalized spacial score (nSPS) is 24.8. The predicted octanol–water partition coefficient (Wildman–Crippen LogP) is 5.59. The Balaban J connectivity index is 1.44. The molecule has 3 aliphatic rings. The largest absolute Gasteiger partial charge is 0.505 e. The lowest BCUT2D eigenvalue weighted by Gasteiger charge is -2.33. The molecule has 4 atom stereocenters. The molecule has 0 aromatic heterocycles. The zero-order valence-corrected chi connectivity index (χ0v) is 22.2. The molecule has 1 aliphatic carbocycles. The SMILES string of the molecule is COC(=O)N1C(=O)[C@@H]2[C@@H](CC(C(C)C)=C3[C@@H](CC/C(=C/c4ccc(O)c(F)c4)c4ccccc4)OC[C@@H]32)C1=O. The number of hydrogen-bond donors (Lipinski definition) is 1. The summed E-state index contributed by atoms with van der Waals surface area (Å²) < 4.78 is 25.0. The Hall–Kier alpha value is -3.78. The van der Waals surface area contributed by atoms with Gasteiger partial charge in [-0.2, -0.15) is 4.90 Å². The van der Waals surface area contributed by atoms with Crippen molar-refractivity contribution in [3.63, 3.8) is 0 Å². The van der Waals surface area contributed by atoms with Crippen LogP contribution in [0.3, 0.4) is 0 Å². The van der Waals surface area contributed by atoms with Gasteiger partial charge in [0.15, 0.2) is 11.6 Å². The molecular formula is C31H32FNO6. The highest BCUT2D eigenvalue weighted by Crippen LogP contribution is 2.51. The average Bonchev–Trinajstić information content (AvgIpc) is 3.46. The maximum absolute atomic E-state index is 14.0. The molecule has 3 amide bonds. The van der Waals surface area contributed by atoms with Crippen LogP contribution in [0.1, 0.15) is 44.2 Å². The molecule has 0 bridgehead atoms. The maximum atomic E-state index is 14.0. The van der Waals surface area contributed by atoms with Gasteiger partial charge in [0, 0.05) is 5.92 Å². The molecule has 2 saturated heterocycles.